The summed E-state index contributed by atoms with van der Waals surface area (Å²) in [6.07, 6.45) is 4.58. The van der Waals surface area contributed by atoms with E-state index in [0.717, 1.165) is 66.5 Å². The number of carbonyl (C=O) groups excluding carboxylic acids is 3. The third-order valence-corrected chi connectivity index (χ3v) is 9.20. The van der Waals surface area contributed by atoms with Crippen molar-refractivity contribution in [3.05, 3.63) is 83.4 Å². The van der Waals surface area contributed by atoms with Crippen molar-refractivity contribution in [3.8, 4) is 22.5 Å². The molecule has 0 radical (unpaired) electrons. The molecular formula is C37H48ClN9O3. The van der Waals surface area contributed by atoms with E-state index in [1.54, 1.807) is 24.3 Å². The van der Waals surface area contributed by atoms with Crippen LogP contribution in [0.4, 0.5) is 5.69 Å². The first kappa shape index (κ1) is 38.2. The number of hydrogen-bond acceptors (Lipinski definition) is 8. The van der Waals surface area contributed by atoms with Gasteiger partial charge in [0.1, 0.15) is 6.04 Å². The monoisotopic (exact) mass is 701 g/mol. The second-order valence-electron chi connectivity index (χ2n) is 13.2. The molecule has 4 aromatic rings. The number of anilines is 1. The third-order valence-electron chi connectivity index (χ3n) is 9.20. The summed E-state index contributed by atoms with van der Waals surface area (Å²) in [7, 11) is 4.03. The Hall–Kier alpha value is -4.65. The second kappa shape index (κ2) is 18.4. The number of nitrogens with zero attached hydrogens (tertiary/aromatic N) is 4. The molecule has 1 aromatic heterocycles. The van der Waals surface area contributed by atoms with E-state index in [9.17, 15) is 14.4 Å². The molecule has 0 spiro atoms. The van der Waals surface area contributed by atoms with Crippen molar-refractivity contribution >= 4 is 35.8 Å². The van der Waals surface area contributed by atoms with Crippen LogP contribution in [0.5, 0.6) is 0 Å². The molecule has 1 atom stereocenters. The van der Waals surface area contributed by atoms with Crippen molar-refractivity contribution in [2.75, 3.05) is 39.0 Å². The van der Waals surface area contributed by atoms with E-state index in [-0.39, 0.29) is 36.0 Å². The Bertz CT molecular complexity index is 1690. The molecule has 0 bridgehead atoms. The first-order valence-corrected chi connectivity index (χ1v) is 17.0. The fourth-order valence-corrected chi connectivity index (χ4v) is 6.26. The summed E-state index contributed by atoms with van der Waals surface area (Å²) in [5.74, 6) is 0.293. The van der Waals surface area contributed by atoms with Gasteiger partial charge in [0, 0.05) is 35.7 Å². The standard InChI is InChI=1S/C37H47N9O3.ClH/c1-24-21-30(35(47)39-19-4-20-46(2)3)15-18-32(24)27-9-5-25(6-10-27)22-33(41-36(48)29-11-7-26(23-38)8-12-29)37(49)40-31-16-13-28(14-17-31)34-42-44-45-43-34;/h5-6,9-10,13-18,21,26,29,33H,4,7-8,11-12,19-20,22-23,38H2,1-3H3,(H,39,47)(H,40,49)(H,41,48)(H,42,43,44,45);1H/t26?,29?,33-;/m0./s1. The van der Waals surface area contributed by atoms with Gasteiger partial charge in [-0.15, -0.1) is 22.6 Å². The molecule has 1 aliphatic rings. The highest BCUT2D eigenvalue weighted by atomic mass is 35.5. The van der Waals surface area contributed by atoms with Gasteiger partial charge in [-0.2, -0.15) is 5.21 Å². The Morgan fingerprint density at radius 1 is 0.960 bits per heavy atom. The average Bonchev–Trinajstić information content (AvgIpc) is 3.66. The summed E-state index contributed by atoms with van der Waals surface area (Å²) in [6, 6.07) is 20.1. The first-order valence-electron chi connectivity index (χ1n) is 17.0. The first-order chi connectivity index (χ1) is 23.7. The van der Waals surface area contributed by atoms with Crippen molar-refractivity contribution in [2.24, 2.45) is 17.6 Å². The number of halogens is 1. The second-order valence-corrected chi connectivity index (χ2v) is 13.2. The van der Waals surface area contributed by atoms with Gasteiger partial charge in [-0.25, -0.2) is 0 Å². The summed E-state index contributed by atoms with van der Waals surface area (Å²) < 4.78 is 0. The minimum absolute atomic E-state index is 0. The number of rotatable bonds is 14. The van der Waals surface area contributed by atoms with E-state index in [4.69, 9.17) is 5.73 Å². The maximum Gasteiger partial charge on any atom is 0.251 e. The Morgan fingerprint density at radius 2 is 1.66 bits per heavy atom. The summed E-state index contributed by atoms with van der Waals surface area (Å²) in [5, 5.41) is 23.0. The van der Waals surface area contributed by atoms with E-state index >= 15 is 0 Å². The molecule has 3 aromatic carbocycles. The predicted octanol–water partition coefficient (Wildman–Crippen LogP) is 4.38. The van der Waals surface area contributed by atoms with Crippen LogP contribution < -0.4 is 21.7 Å². The number of hydrogen-bond donors (Lipinski definition) is 5. The minimum atomic E-state index is -0.778. The van der Waals surface area contributed by atoms with Crippen LogP contribution in [0, 0.1) is 18.8 Å². The van der Waals surface area contributed by atoms with Gasteiger partial charge >= 0.3 is 0 Å². The smallest absolute Gasteiger partial charge is 0.251 e. The highest BCUT2D eigenvalue weighted by molar-refractivity contribution is 5.98. The summed E-state index contributed by atoms with van der Waals surface area (Å²) in [6.45, 7) is 4.18. The number of aromatic nitrogens is 4. The molecule has 266 valence electrons. The van der Waals surface area contributed by atoms with Crippen molar-refractivity contribution < 1.29 is 14.4 Å². The van der Waals surface area contributed by atoms with E-state index in [2.05, 4.69) is 41.5 Å². The molecule has 1 heterocycles. The maximum atomic E-state index is 13.7. The molecule has 1 aliphatic carbocycles. The molecule has 1 saturated carbocycles. The topological polar surface area (TPSA) is 171 Å². The van der Waals surface area contributed by atoms with Crippen LogP contribution in [0.15, 0.2) is 66.7 Å². The Morgan fingerprint density at radius 3 is 2.28 bits per heavy atom. The normalized spacial score (nSPS) is 16.3. The van der Waals surface area contributed by atoms with Crippen LogP contribution >= 0.6 is 12.4 Å². The van der Waals surface area contributed by atoms with Gasteiger partial charge in [0.05, 0.1) is 0 Å². The van der Waals surface area contributed by atoms with Crippen LogP contribution in [-0.2, 0) is 16.0 Å². The highest BCUT2D eigenvalue weighted by Crippen LogP contribution is 2.29. The number of carbonyl (C=O) groups is 3. The van der Waals surface area contributed by atoms with Gasteiger partial charge in [0.25, 0.3) is 5.91 Å². The number of tetrazole rings is 1. The van der Waals surface area contributed by atoms with Crippen LogP contribution in [0.2, 0.25) is 0 Å². The average molecular weight is 702 g/mol. The molecule has 5 rings (SSSR count). The van der Waals surface area contributed by atoms with Gasteiger partial charge in [-0.05, 0) is 136 Å². The van der Waals surface area contributed by atoms with Gasteiger partial charge < -0.3 is 26.6 Å². The quantitative estimate of drug-likeness (QED) is 0.121. The third kappa shape index (κ3) is 10.4. The van der Waals surface area contributed by atoms with Gasteiger partial charge in [-0.3, -0.25) is 14.4 Å². The molecule has 6 N–H and O–H groups in total. The molecule has 3 amide bonds. The summed E-state index contributed by atoms with van der Waals surface area (Å²) >= 11 is 0. The molecule has 50 heavy (non-hydrogen) atoms. The van der Waals surface area contributed by atoms with Crippen LogP contribution in [0.3, 0.4) is 0 Å². The van der Waals surface area contributed by atoms with Crippen molar-refractivity contribution in [3.63, 3.8) is 0 Å². The highest BCUT2D eigenvalue weighted by Gasteiger charge is 2.29. The lowest BCUT2D eigenvalue weighted by molar-refractivity contribution is -0.130. The number of nitrogens with two attached hydrogens (primary N) is 1. The fourth-order valence-electron chi connectivity index (χ4n) is 6.26. The molecule has 13 heteroatoms. The molecular weight excluding hydrogens is 654 g/mol. The molecule has 1 fully saturated rings. The Kier molecular flexibility index (Phi) is 14.0. The molecule has 12 nitrogen and oxygen atoms in total. The van der Waals surface area contributed by atoms with Crippen molar-refractivity contribution in [2.45, 2.75) is 51.5 Å². The Labute approximate surface area is 299 Å². The fraction of sp³-hybridized carbons (Fsp3) is 0.405. The van der Waals surface area contributed by atoms with Gasteiger partial charge in [0.2, 0.25) is 17.6 Å². The van der Waals surface area contributed by atoms with E-state index in [0.29, 0.717) is 42.5 Å². The molecule has 0 aliphatic heterocycles. The van der Waals surface area contributed by atoms with E-state index in [1.807, 2.05) is 63.5 Å². The van der Waals surface area contributed by atoms with Crippen molar-refractivity contribution in [1.82, 2.24) is 36.2 Å². The van der Waals surface area contributed by atoms with E-state index < -0.39 is 6.04 Å². The number of benzene rings is 3. The maximum absolute atomic E-state index is 13.7. The minimum Gasteiger partial charge on any atom is -0.352 e. The number of nitrogens with one attached hydrogen (secondary N) is 4. The summed E-state index contributed by atoms with van der Waals surface area (Å²) in [5.41, 5.74) is 11.8. The zero-order valence-corrected chi connectivity index (χ0v) is 29.8. The summed E-state index contributed by atoms with van der Waals surface area (Å²) in [4.78, 5) is 41.8. The molecule has 0 saturated heterocycles. The van der Waals surface area contributed by atoms with Crippen molar-refractivity contribution in [1.29, 1.82) is 0 Å². The number of aryl methyl sites for hydroxylation is 1. The number of H-pyrrole nitrogens is 1. The van der Waals surface area contributed by atoms with Gasteiger partial charge in [-0.1, -0.05) is 30.3 Å². The van der Waals surface area contributed by atoms with Crippen LogP contribution in [0.1, 0.15) is 53.6 Å². The largest absolute Gasteiger partial charge is 0.352 e. The SMILES string of the molecule is Cc1cc(C(=O)NCCCN(C)C)ccc1-c1ccc(C[C@H](NC(=O)C2CCC(CN)CC2)C(=O)Nc2ccc(-c3nn[nH]n3)cc2)cc1.Cl. The van der Waals surface area contributed by atoms with Crippen LogP contribution in [0.25, 0.3) is 22.5 Å². The zero-order chi connectivity index (χ0) is 34.8. The lowest BCUT2D eigenvalue weighted by Gasteiger charge is -2.28. The molecule has 0 unspecified atom stereocenters. The predicted molar refractivity (Wildman–Crippen MR) is 198 cm³/mol. The number of amides is 3. The Balaban J connectivity index is 0.00000562. The van der Waals surface area contributed by atoms with Crippen LogP contribution in [-0.4, -0.2) is 83.0 Å². The number of aromatic amines is 1. The van der Waals surface area contributed by atoms with E-state index in [1.165, 1.54) is 0 Å². The lowest BCUT2D eigenvalue weighted by Crippen LogP contribution is -2.48. The zero-order valence-electron chi connectivity index (χ0n) is 28.9. The lowest BCUT2D eigenvalue weighted by atomic mass is 9.81. The van der Waals surface area contributed by atoms with Gasteiger partial charge in [0.15, 0.2) is 0 Å².